The van der Waals surface area contributed by atoms with E-state index in [0.29, 0.717) is 18.5 Å². The molecule has 10 heteroatoms. The van der Waals surface area contributed by atoms with Gasteiger partial charge in [-0.1, -0.05) is 150 Å². The van der Waals surface area contributed by atoms with Crippen LogP contribution in [0.4, 0.5) is 0 Å². The fourth-order valence-electron chi connectivity index (χ4n) is 4.93. The summed E-state index contributed by atoms with van der Waals surface area (Å²) in [7, 11) is -9.86. The molecule has 6 nitrogen and oxygen atoms in total. The van der Waals surface area contributed by atoms with Crippen LogP contribution in [0.1, 0.15) is 130 Å². The van der Waals surface area contributed by atoms with Gasteiger partial charge in [0.05, 0.1) is 0 Å². The summed E-state index contributed by atoms with van der Waals surface area (Å²) in [5.74, 6) is 0. The minimum Gasteiger partial charge on any atom is -0.799 e. The first-order valence-electron chi connectivity index (χ1n) is 17.5. The molecule has 0 aromatic heterocycles. The van der Waals surface area contributed by atoms with Gasteiger partial charge in [0.15, 0.2) is 0 Å². The number of benzene rings is 3. The van der Waals surface area contributed by atoms with Gasteiger partial charge in [-0.3, -0.25) is 0 Å². The summed E-state index contributed by atoms with van der Waals surface area (Å²) in [6.07, 6.45) is 6.01. The third kappa shape index (κ3) is 17.2. The van der Waals surface area contributed by atoms with E-state index in [-0.39, 0.29) is 34.3 Å². The Morgan fingerprint density at radius 2 is 0.633 bits per heavy atom. The van der Waals surface area contributed by atoms with Crippen molar-refractivity contribution < 1.29 is 28.4 Å². The number of rotatable bonds is 15. The standard InChI is InChI=1S/3C13H21O2P.Al/c3*1-4-5-10-16(14,15)12(3)13-8-6-11(2)7-9-13;/h3*6-9,12H,4-5,10H2,1-3H3,(H,14,15);/q;;;+3/p-3. The fourth-order valence-corrected chi connectivity index (χ4v) is 10.2. The van der Waals surface area contributed by atoms with E-state index in [0.717, 1.165) is 71.9 Å². The van der Waals surface area contributed by atoms with Crippen molar-refractivity contribution in [2.75, 3.05) is 18.5 Å². The van der Waals surface area contributed by atoms with Crippen LogP contribution in [0.2, 0.25) is 0 Å². The van der Waals surface area contributed by atoms with Gasteiger partial charge in [0.1, 0.15) is 0 Å². The molecule has 0 N–H and O–H groups in total. The Morgan fingerprint density at radius 1 is 0.449 bits per heavy atom. The van der Waals surface area contributed by atoms with Crippen molar-refractivity contribution in [3.8, 4) is 0 Å². The second-order valence-electron chi connectivity index (χ2n) is 13.2. The number of hydrogen-bond acceptors (Lipinski definition) is 6. The molecule has 270 valence electrons. The number of hydrogen-bond donors (Lipinski definition) is 0. The van der Waals surface area contributed by atoms with Crippen LogP contribution in [-0.4, -0.2) is 35.8 Å². The molecule has 0 aliphatic carbocycles. The molecule has 0 heterocycles. The van der Waals surface area contributed by atoms with Gasteiger partial charge >= 0.3 is 17.4 Å². The topological polar surface area (TPSA) is 120 Å². The molecule has 0 saturated heterocycles. The molecule has 0 bridgehead atoms. The van der Waals surface area contributed by atoms with E-state index in [1.165, 1.54) is 0 Å². The number of aryl methyl sites for hydroxylation is 3. The van der Waals surface area contributed by atoms with Crippen molar-refractivity contribution in [3.05, 3.63) is 106 Å². The normalized spacial score (nSPS) is 16.4. The van der Waals surface area contributed by atoms with Gasteiger partial charge in [0.2, 0.25) is 0 Å². The van der Waals surface area contributed by atoms with Gasteiger partial charge in [-0.15, -0.1) is 0 Å². The van der Waals surface area contributed by atoms with E-state index in [1.54, 1.807) is 20.8 Å². The van der Waals surface area contributed by atoms with E-state index in [1.807, 2.05) is 114 Å². The van der Waals surface area contributed by atoms with Crippen molar-refractivity contribution in [3.63, 3.8) is 0 Å². The first-order chi connectivity index (χ1) is 22.4. The maximum atomic E-state index is 12.0. The van der Waals surface area contributed by atoms with Gasteiger partial charge in [-0.25, -0.2) is 0 Å². The summed E-state index contributed by atoms with van der Waals surface area (Å²) in [6.45, 7) is 17.4. The van der Waals surface area contributed by atoms with Gasteiger partial charge in [0, 0.05) is 39.1 Å². The fraction of sp³-hybridized carbons (Fsp3) is 0.538. The quantitative estimate of drug-likeness (QED) is 0.113. The summed E-state index contributed by atoms with van der Waals surface area (Å²) in [6, 6.07) is 23.3. The van der Waals surface area contributed by atoms with Crippen LogP contribution in [0.5, 0.6) is 0 Å². The van der Waals surface area contributed by atoms with Crippen molar-refractivity contribution in [1.82, 2.24) is 0 Å². The smallest absolute Gasteiger partial charge is 0.799 e. The Kier molecular flexibility index (Phi) is 22.8. The van der Waals surface area contributed by atoms with Gasteiger partial charge in [-0.2, -0.15) is 0 Å². The molecule has 0 spiro atoms. The molecule has 3 rings (SSSR count). The van der Waals surface area contributed by atoms with Crippen LogP contribution in [0.15, 0.2) is 72.8 Å². The molecular formula is C39H60AlO6P3. The molecule has 6 unspecified atom stereocenters. The molecule has 0 aliphatic heterocycles. The second kappa shape index (κ2) is 23.3. The van der Waals surface area contributed by atoms with Crippen LogP contribution < -0.4 is 14.7 Å². The Labute approximate surface area is 309 Å². The monoisotopic (exact) mass is 744 g/mol. The van der Waals surface area contributed by atoms with E-state index in [9.17, 15) is 28.4 Å². The van der Waals surface area contributed by atoms with E-state index >= 15 is 0 Å². The third-order valence-corrected chi connectivity index (χ3v) is 16.2. The van der Waals surface area contributed by atoms with Gasteiger partial charge < -0.3 is 28.4 Å². The van der Waals surface area contributed by atoms with Crippen LogP contribution in [0, 0.1) is 20.8 Å². The zero-order valence-electron chi connectivity index (χ0n) is 31.4. The minimum absolute atomic E-state index is 0. The van der Waals surface area contributed by atoms with E-state index < -0.39 is 22.1 Å². The number of unbranched alkanes of at least 4 members (excludes halogenated alkanes) is 3. The van der Waals surface area contributed by atoms with Crippen molar-refractivity contribution in [1.29, 1.82) is 0 Å². The molecular weight excluding hydrogens is 684 g/mol. The summed E-state index contributed by atoms with van der Waals surface area (Å²) in [4.78, 5) is 36.0. The zero-order valence-corrected chi connectivity index (χ0v) is 35.2. The molecule has 0 saturated carbocycles. The van der Waals surface area contributed by atoms with Crippen LogP contribution in [0.25, 0.3) is 0 Å². The summed E-state index contributed by atoms with van der Waals surface area (Å²) >= 11 is 0. The van der Waals surface area contributed by atoms with Crippen LogP contribution in [0.3, 0.4) is 0 Å². The first kappa shape index (κ1) is 47.8. The SMILES string of the molecule is CCCCP(=O)([O-])C(C)c1ccc(C)cc1.CCCCP(=O)([O-])C(C)c1ccc(C)cc1.CCCCP(=O)([O-])C(C)c1ccc(C)cc1.[Al+3]. The molecule has 3 aromatic rings. The molecule has 0 fully saturated rings. The van der Waals surface area contributed by atoms with Crippen molar-refractivity contribution in [2.24, 2.45) is 0 Å². The maximum absolute atomic E-state index is 12.0. The van der Waals surface area contributed by atoms with Gasteiger partial charge in [0.25, 0.3) is 0 Å². The zero-order chi connectivity index (χ0) is 36.5. The predicted molar refractivity (Wildman–Crippen MR) is 207 cm³/mol. The Hall–Kier alpha value is -1.24. The Balaban J connectivity index is 0.000000698. The maximum Gasteiger partial charge on any atom is 3.00 e. The molecule has 49 heavy (non-hydrogen) atoms. The van der Waals surface area contributed by atoms with Crippen molar-refractivity contribution >= 4 is 39.5 Å². The van der Waals surface area contributed by atoms with Gasteiger partial charge in [-0.05, 0) is 75.2 Å². The first-order valence-corrected chi connectivity index (χ1v) is 23.1. The average Bonchev–Trinajstić information content (AvgIpc) is 3.06. The summed E-state index contributed by atoms with van der Waals surface area (Å²) in [5.41, 5.74) is 5.10. The average molecular weight is 745 g/mol. The molecule has 6 atom stereocenters. The molecule has 0 radical (unpaired) electrons. The Morgan fingerprint density at radius 3 is 0.796 bits per heavy atom. The molecule has 0 amide bonds. The third-order valence-electron chi connectivity index (χ3n) is 8.92. The Bertz CT molecular complexity index is 1300. The minimum atomic E-state index is -3.29. The molecule has 0 aliphatic rings. The second-order valence-corrected chi connectivity index (χ2v) is 21.2. The summed E-state index contributed by atoms with van der Waals surface area (Å²) < 4.78 is 36.0. The molecule has 3 aromatic carbocycles. The van der Waals surface area contributed by atoms with Crippen LogP contribution in [-0.2, 0) is 13.7 Å². The predicted octanol–water partition coefficient (Wildman–Crippen LogP) is 10.1. The largest absolute Gasteiger partial charge is 3.00 e. The summed E-state index contributed by atoms with van der Waals surface area (Å²) in [5, 5.41) is 0. The van der Waals surface area contributed by atoms with E-state index in [2.05, 4.69) is 0 Å². The van der Waals surface area contributed by atoms with Crippen LogP contribution >= 0.6 is 22.1 Å². The van der Waals surface area contributed by atoms with E-state index in [4.69, 9.17) is 0 Å². The van der Waals surface area contributed by atoms with Crippen molar-refractivity contribution in [2.45, 2.75) is 118 Å².